The van der Waals surface area contributed by atoms with Crippen LogP contribution in [0.1, 0.15) is 11.1 Å². The van der Waals surface area contributed by atoms with Crippen LogP contribution in [0.2, 0.25) is 0 Å². The fourth-order valence-corrected chi connectivity index (χ4v) is 3.83. The summed E-state index contributed by atoms with van der Waals surface area (Å²) in [6.45, 7) is 2.11. The summed E-state index contributed by atoms with van der Waals surface area (Å²) in [6, 6.07) is 6.42. The Morgan fingerprint density at radius 1 is 1.50 bits per heavy atom. The second kappa shape index (κ2) is 3.87. The van der Waals surface area contributed by atoms with Gasteiger partial charge in [0.15, 0.2) is 0 Å². The van der Waals surface area contributed by atoms with Gasteiger partial charge in [-0.2, -0.15) is 5.26 Å². The van der Waals surface area contributed by atoms with Gasteiger partial charge in [0.1, 0.15) is 0 Å². The fraction of sp³-hybridized carbons (Fsp3) is 0.182. The Bertz CT molecular complexity index is 522. The summed E-state index contributed by atoms with van der Waals surface area (Å²) in [5, 5.41) is 12.1. The predicted octanol–water partition coefficient (Wildman–Crippen LogP) is 3.88. The molecule has 0 radical (unpaired) electrons. The van der Waals surface area contributed by atoms with Gasteiger partial charge in [-0.15, -0.1) is 11.3 Å². The molecule has 2 rings (SSSR count). The van der Waals surface area contributed by atoms with Crippen molar-refractivity contribution >= 4 is 44.0 Å². The number of halogens is 1. The van der Waals surface area contributed by atoms with Gasteiger partial charge in [0.2, 0.25) is 0 Å². The van der Waals surface area contributed by atoms with Crippen molar-refractivity contribution in [3.63, 3.8) is 0 Å². The number of hydrogen-bond donors (Lipinski definition) is 0. The largest absolute Gasteiger partial charge is 0.198 e. The Kier molecular flexibility index (Phi) is 2.75. The van der Waals surface area contributed by atoms with Gasteiger partial charge in [0, 0.05) is 19.0 Å². The lowest BCUT2D eigenvalue weighted by atomic mass is 10.1. The molecule has 3 heteroatoms. The average Bonchev–Trinajstić information content (AvgIpc) is 2.48. The van der Waals surface area contributed by atoms with Gasteiger partial charge in [-0.1, -0.05) is 6.07 Å². The van der Waals surface area contributed by atoms with Crippen LogP contribution >= 0.6 is 33.9 Å². The molecule has 0 fully saturated rings. The molecule has 0 aliphatic carbocycles. The van der Waals surface area contributed by atoms with Crippen molar-refractivity contribution < 1.29 is 0 Å². The standard InChI is InChI=1S/C11H8INS/c1-7-4-8(2-3-13)5-10-11(7)9(12)6-14-10/h4-6H,2H2,1H3. The lowest BCUT2D eigenvalue weighted by Gasteiger charge is -2.00. The highest BCUT2D eigenvalue weighted by Gasteiger charge is 2.06. The average molecular weight is 313 g/mol. The third-order valence-corrected chi connectivity index (χ3v) is 4.37. The lowest BCUT2D eigenvalue weighted by molar-refractivity contribution is 1.26. The second-order valence-corrected chi connectivity index (χ2v) is 5.28. The van der Waals surface area contributed by atoms with Gasteiger partial charge in [0.25, 0.3) is 0 Å². The van der Waals surface area contributed by atoms with Crippen molar-refractivity contribution in [1.82, 2.24) is 0 Å². The number of thiophene rings is 1. The Labute approximate surface area is 101 Å². The molecule has 2 aromatic rings. The summed E-state index contributed by atoms with van der Waals surface area (Å²) in [6.07, 6.45) is 0.505. The van der Waals surface area contributed by atoms with E-state index in [1.807, 2.05) is 0 Å². The maximum absolute atomic E-state index is 8.64. The zero-order valence-electron chi connectivity index (χ0n) is 7.67. The summed E-state index contributed by atoms with van der Waals surface area (Å²) >= 11 is 4.11. The smallest absolute Gasteiger partial charge is 0.0669 e. The zero-order chi connectivity index (χ0) is 10.1. The van der Waals surface area contributed by atoms with Crippen molar-refractivity contribution in [2.75, 3.05) is 0 Å². The van der Waals surface area contributed by atoms with Crippen LogP contribution < -0.4 is 0 Å². The van der Waals surface area contributed by atoms with Crippen LogP contribution in [0.15, 0.2) is 17.5 Å². The zero-order valence-corrected chi connectivity index (χ0v) is 10.6. The van der Waals surface area contributed by atoms with E-state index < -0.39 is 0 Å². The highest BCUT2D eigenvalue weighted by atomic mass is 127. The number of fused-ring (bicyclic) bond motifs is 1. The molecule has 0 amide bonds. The van der Waals surface area contributed by atoms with E-state index in [1.54, 1.807) is 11.3 Å². The fourth-order valence-electron chi connectivity index (χ4n) is 1.59. The molecule has 0 aliphatic heterocycles. The van der Waals surface area contributed by atoms with Crippen LogP contribution in [0.5, 0.6) is 0 Å². The molecule has 0 atom stereocenters. The van der Waals surface area contributed by atoms with Crippen molar-refractivity contribution in [3.8, 4) is 6.07 Å². The van der Waals surface area contributed by atoms with Crippen LogP contribution in [-0.2, 0) is 6.42 Å². The van der Waals surface area contributed by atoms with E-state index in [2.05, 4.69) is 53.1 Å². The monoisotopic (exact) mass is 313 g/mol. The molecule has 0 N–H and O–H groups in total. The molecule has 0 bridgehead atoms. The topological polar surface area (TPSA) is 23.8 Å². The molecule has 0 saturated carbocycles. The maximum atomic E-state index is 8.64. The van der Waals surface area contributed by atoms with Gasteiger partial charge >= 0.3 is 0 Å². The molecule has 0 aliphatic rings. The van der Waals surface area contributed by atoms with E-state index in [4.69, 9.17) is 5.26 Å². The third-order valence-electron chi connectivity index (χ3n) is 2.17. The summed E-state index contributed by atoms with van der Waals surface area (Å²) in [5.41, 5.74) is 2.40. The number of nitriles is 1. The maximum Gasteiger partial charge on any atom is 0.0669 e. The molecule has 0 saturated heterocycles. The van der Waals surface area contributed by atoms with Crippen molar-refractivity contribution in [2.45, 2.75) is 13.3 Å². The third kappa shape index (κ3) is 1.64. The molecule has 1 aromatic heterocycles. The highest BCUT2D eigenvalue weighted by molar-refractivity contribution is 14.1. The molecule has 1 heterocycles. The molecule has 14 heavy (non-hydrogen) atoms. The molecular formula is C11H8INS. The van der Waals surface area contributed by atoms with Crippen molar-refractivity contribution in [3.05, 3.63) is 32.2 Å². The van der Waals surface area contributed by atoms with Gasteiger partial charge in [-0.3, -0.25) is 0 Å². The minimum atomic E-state index is 0.505. The molecule has 0 unspecified atom stereocenters. The van der Waals surface area contributed by atoms with Crippen LogP contribution in [-0.4, -0.2) is 0 Å². The SMILES string of the molecule is Cc1cc(CC#N)cc2scc(I)c12. The summed E-state index contributed by atoms with van der Waals surface area (Å²) in [7, 11) is 0. The first-order valence-electron chi connectivity index (χ1n) is 4.25. The van der Waals surface area contributed by atoms with E-state index in [0.29, 0.717) is 6.42 Å². The number of hydrogen-bond acceptors (Lipinski definition) is 2. The van der Waals surface area contributed by atoms with E-state index in [0.717, 1.165) is 5.56 Å². The Morgan fingerprint density at radius 2 is 2.29 bits per heavy atom. The van der Waals surface area contributed by atoms with Gasteiger partial charge in [0.05, 0.1) is 12.5 Å². The minimum absolute atomic E-state index is 0.505. The van der Waals surface area contributed by atoms with Gasteiger partial charge in [-0.05, 0) is 46.7 Å². The summed E-state index contributed by atoms with van der Waals surface area (Å²) < 4.78 is 2.60. The second-order valence-electron chi connectivity index (χ2n) is 3.20. The van der Waals surface area contributed by atoms with Gasteiger partial charge < -0.3 is 0 Å². The van der Waals surface area contributed by atoms with E-state index >= 15 is 0 Å². The van der Waals surface area contributed by atoms with Crippen LogP contribution in [0.3, 0.4) is 0 Å². The Morgan fingerprint density at radius 3 is 3.00 bits per heavy atom. The number of rotatable bonds is 1. The van der Waals surface area contributed by atoms with E-state index in [1.165, 1.54) is 19.2 Å². The molecule has 70 valence electrons. The van der Waals surface area contributed by atoms with E-state index in [-0.39, 0.29) is 0 Å². The van der Waals surface area contributed by atoms with Crippen LogP contribution in [0, 0.1) is 21.8 Å². The molecule has 1 aromatic carbocycles. The molecular weight excluding hydrogens is 305 g/mol. The minimum Gasteiger partial charge on any atom is -0.198 e. The predicted molar refractivity (Wildman–Crippen MR) is 68.6 cm³/mol. The summed E-state index contributed by atoms with van der Waals surface area (Å²) in [4.78, 5) is 0. The first kappa shape index (κ1) is 9.94. The molecule has 1 nitrogen and oxygen atoms in total. The molecule has 0 spiro atoms. The first-order valence-corrected chi connectivity index (χ1v) is 6.21. The van der Waals surface area contributed by atoms with E-state index in [9.17, 15) is 0 Å². The number of benzene rings is 1. The highest BCUT2D eigenvalue weighted by Crippen LogP contribution is 2.31. The van der Waals surface area contributed by atoms with Crippen LogP contribution in [0.25, 0.3) is 10.1 Å². The Balaban J connectivity index is 2.69. The van der Waals surface area contributed by atoms with Crippen molar-refractivity contribution in [2.24, 2.45) is 0 Å². The normalized spacial score (nSPS) is 10.4. The lowest BCUT2D eigenvalue weighted by Crippen LogP contribution is -1.84. The van der Waals surface area contributed by atoms with Crippen LogP contribution in [0.4, 0.5) is 0 Å². The van der Waals surface area contributed by atoms with Crippen molar-refractivity contribution in [1.29, 1.82) is 5.26 Å². The number of nitrogens with zero attached hydrogens (tertiary/aromatic N) is 1. The first-order chi connectivity index (χ1) is 6.72. The number of aryl methyl sites for hydroxylation is 1. The van der Waals surface area contributed by atoms with Gasteiger partial charge in [-0.25, -0.2) is 0 Å². The Hall–Kier alpha value is -0.600. The summed E-state index contributed by atoms with van der Waals surface area (Å²) in [5.74, 6) is 0. The quantitative estimate of drug-likeness (QED) is 0.733.